The van der Waals surface area contributed by atoms with Gasteiger partial charge in [-0.15, -0.1) is 0 Å². The van der Waals surface area contributed by atoms with Gasteiger partial charge in [0.05, 0.1) is 6.10 Å². The summed E-state index contributed by atoms with van der Waals surface area (Å²) in [5.74, 6) is -0.262. The maximum atomic E-state index is 11.3. The molecule has 14 heavy (non-hydrogen) atoms. The number of rotatable bonds is 5. The minimum absolute atomic E-state index is 0.193. The summed E-state index contributed by atoms with van der Waals surface area (Å²) in [4.78, 5) is 11.3. The van der Waals surface area contributed by atoms with E-state index in [2.05, 4.69) is 5.32 Å². The topological polar surface area (TPSA) is 64.3 Å². The van der Waals surface area contributed by atoms with Crippen LogP contribution in [0.3, 0.4) is 0 Å². The van der Waals surface area contributed by atoms with Gasteiger partial charge in [0.1, 0.15) is 5.54 Å². The molecular formula is C10H20N2O2. The first-order valence-electron chi connectivity index (χ1n) is 5.19. The molecule has 0 saturated heterocycles. The summed E-state index contributed by atoms with van der Waals surface area (Å²) in [6.45, 7) is 6.68. The average molecular weight is 200 g/mol. The zero-order valence-corrected chi connectivity index (χ0v) is 9.17. The highest BCUT2D eigenvalue weighted by molar-refractivity contribution is 5.86. The van der Waals surface area contributed by atoms with Crippen LogP contribution in [0.4, 0.5) is 0 Å². The van der Waals surface area contributed by atoms with Crippen LogP contribution in [0.25, 0.3) is 0 Å². The number of primary amides is 1. The van der Waals surface area contributed by atoms with Crippen molar-refractivity contribution in [2.75, 3.05) is 6.61 Å². The second-order valence-corrected chi connectivity index (χ2v) is 4.23. The molecule has 1 amide bonds. The predicted molar refractivity (Wildman–Crippen MR) is 54.8 cm³/mol. The van der Waals surface area contributed by atoms with Crippen LogP contribution in [0, 0.1) is 0 Å². The summed E-state index contributed by atoms with van der Waals surface area (Å²) in [5, 5.41) is 3.23. The summed E-state index contributed by atoms with van der Waals surface area (Å²) < 4.78 is 5.42. The fraction of sp³-hybridized carbons (Fsp3) is 0.900. The molecule has 1 aliphatic carbocycles. The first kappa shape index (κ1) is 11.5. The van der Waals surface area contributed by atoms with Crippen LogP contribution in [0.15, 0.2) is 0 Å². The van der Waals surface area contributed by atoms with Gasteiger partial charge in [-0.3, -0.25) is 4.79 Å². The lowest BCUT2D eigenvalue weighted by molar-refractivity contribution is -0.137. The van der Waals surface area contributed by atoms with E-state index in [1.54, 1.807) is 0 Å². The lowest BCUT2D eigenvalue weighted by Gasteiger charge is -2.46. The molecule has 4 heteroatoms. The molecular weight excluding hydrogens is 180 g/mol. The third-order valence-electron chi connectivity index (χ3n) is 2.59. The van der Waals surface area contributed by atoms with Gasteiger partial charge in [-0.2, -0.15) is 0 Å². The standard InChI is InChI=1S/C10H20N2O2/c1-4-14-8-5-10(6-8,9(11)13)12-7(2)3/h7-8,12H,4-6H2,1-3H3,(H2,11,13). The zero-order valence-electron chi connectivity index (χ0n) is 9.17. The number of nitrogens with one attached hydrogen (secondary N) is 1. The van der Waals surface area contributed by atoms with Crippen LogP contribution < -0.4 is 11.1 Å². The molecule has 3 N–H and O–H groups in total. The fourth-order valence-corrected chi connectivity index (χ4v) is 2.01. The van der Waals surface area contributed by atoms with Crippen molar-refractivity contribution in [1.29, 1.82) is 0 Å². The Morgan fingerprint density at radius 1 is 1.64 bits per heavy atom. The van der Waals surface area contributed by atoms with E-state index in [1.165, 1.54) is 0 Å². The molecule has 4 nitrogen and oxygen atoms in total. The minimum Gasteiger partial charge on any atom is -0.378 e. The van der Waals surface area contributed by atoms with Gasteiger partial charge >= 0.3 is 0 Å². The Kier molecular flexibility index (Phi) is 3.50. The molecule has 82 valence electrons. The van der Waals surface area contributed by atoms with Crippen molar-refractivity contribution in [1.82, 2.24) is 5.32 Å². The van der Waals surface area contributed by atoms with Gasteiger partial charge in [0.15, 0.2) is 0 Å². The lowest BCUT2D eigenvalue weighted by atomic mass is 9.73. The van der Waals surface area contributed by atoms with Gasteiger partial charge < -0.3 is 15.8 Å². The van der Waals surface area contributed by atoms with E-state index in [9.17, 15) is 4.79 Å². The van der Waals surface area contributed by atoms with Crippen LogP contribution in [0.2, 0.25) is 0 Å². The van der Waals surface area contributed by atoms with Crippen molar-refractivity contribution < 1.29 is 9.53 Å². The van der Waals surface area contributed by atoms with Crippen LogP contribution in [-0.2, 0) is 9.53 Å². The highest BCUT2D eigenvalue weighted by atomic mass is 16.5. The minimum atomic E-state index is -0.520. The maximum absolute atomic E-state index is 11.3. The quantitative estimate of drug-likeness (QED) is 0.675. The molecule has 0 atom stereocenters. The fourth-order valence-electron chi connectivity index (χ4n) is 2.01. The van der Waals surface area contributed by atoms with Gasteiger partial charge in [-0.1, -0.05) is 0 Å². The third kappa shape index (κ3) is 2.25. The molecule has 0 radical (unpaired) electrons. The van der Waals surface area contributed by atoms with Gasteiger partial charge in [0.2, 0.25) is 5.91 Å². The maximum Gasteiger partial charge on any atom is 0.237 e. The van der Waals surface area contributed by atoms with E-state index in [4.69, 9.17) is 10.5 Å². The molecule has 0 aliphatic heterocycles. The number of hydrogen-bond acceptors (Lipinski definition) is 3. The van der Waals surface area contributed by atoms with Gasteiger partial charge in [-0.25, -0.2) is 0 Å². The number of hydrogen-bond donors (Lipinski definition) is 2. The number of carbonyl (C=O) groups excluding carboxylic acids is 1. The van der Waals surface area contributed by atoms with Gasteiger partial charge in [0.25, 0.3) is 0 Å². The molecule has 0 spiro atoms. The summed E-state index contributed by atoms with van der Waals surface area (Å²) in [6, 6.07) is 0.269. The monoisotopic (exact) mass is 200 g/mol. The van der Waals surface area contributed by atoms with Crippen molar-refractivity contribution >= 4 is 5.91 Å². The Hall–Kier alpha value is -0.610. The van der Waals surface area contributed by atoms with Crippen LogP contribution in [0.5, 0.6) is 0 Å². The van der Waals surface area contributed by atoms with E-state index >= 15 is 0 Å². The zero-order chi connectivity index (χ0) is 10.8. The number of amides is 1. The van der Waals surface area contributed by atoms with E-state index in [0.717, 1.165) is 0 Å². The number of nitrogens with two attached hydrogens (primary N) is 1. The summed E-state index contributed by atoms with van der Waals surface area (Å²) in [5.41, 5.74) is 4.86. The van der Waals surface area contributed by atoms with Gasteiger partial charge in [-0.05, 0) is 20.8 Å². The van der Waals surface area contributed by atoms with Crippen LogP contribution >= 0.6 is 0 Å². The van der Waals surface area contributed by atoms with Crippen molar-refractivity contribution in [2.45, 2.75) is 51.3 Å². The second-order valence-electron chi connectivity index (χ2n) is 4.23. The summed E-state index contributed by atoms with van der Waals surface area (Å²) in [7, 11) is 0. The molecule has 0 aromatic carbocycles. The van der Waals surface area contributed by atoms with Crippen molar-refractivity contribution in [3.05, 3.63) is 0 Å². The summed E-state index contributed by atoms with van der Waals surface area (Å²) >= 11 is 0. The number of carbonyl (C=O) groups is 1. The molecule has 0 aromatic rings. The molecule has 0 heterocycles. The third-order valence-corrected chi connectivity index (χ3v) is 2.59. The first-order valence-corrected chi connectivity index (χ1v) is 5.19. The van der Waals surface area contributed by atoms with E-state index in [0.29, 0.717) is 19.4 Å². The molecule has 0 aromatic heterocycles. The number of ether oxygens (including phenoxy) is 1. The molecule has 1 rings (SSSR count). The van der Waals surface area contributed by atoms with Crippen molar-refractivity contribution in [2.24, 2.45) is 5.73 Å². The SMILES string of the molecule is CCOC1CC(NC(C)C)(C(N)=O)C1. The Morgan fingerprint density at radius 3 is 2.57 bits per heavy atom. The lowest BCUT2D eigenvalue weighted by Crippen LogP contribution is -2.66. The predicted octanol–water partition coefficient (Wildman–Crippen LogP) is 0.407. The summed E-state index contributed by atoms with van der Waals surface area (Å²) in [6.07, 6.45) is 1.60. The largest absolute Gasteiger partial charge is 0.378 e. The Balaban J connectivity index is 2.49. The first-order chi connectivity index (χ1) is 6.50. The molecule has 1 aliphatic rings. The molecule has 1 fully saturated rings. The average Bonchev–Trinajstić information content (AvgIpc) is 1.98. The molecule has 0 unspecified atom stereocenters. The van der Waals surface area contributed by atoms with Crippen LogP contribution in [-0.4, -0.2) is 30.2 Å². The Bertz CT molecular complexity index is 210. The smallest absolute Gasteiger partial charge is 0.237 e. The van der Waals surface area contributed by atoms with E-state index in [1.807, 2.05) is 20.8 Å². The Morgan fingerprint density at radius 2 is 2.21 bits per heavy atom. The van der Waals surface area contributed by atoms with Crippen LogP contribution in [0.1, 0.15) is 33.6 Å². The normalized spacial score (nSPS) is 31.6. The second kappa shape index (κ2) is 4.28. The molecule has 0 bridgehead atoms. The van der Waals surface area contributed by atoms with Crippen molar-refractivity contribution in [3.63, 3.8) is 0 Å². The highest BCUT2D eigenvalue weighted by Gasteiger charge is 2.49. The van der Waals surface area contributed by atoms with E-state index in [-0.39, 0.29) is 18.1 Å². The highest BCUT2D eigenvalue weighted by Crippen LogP contribution is 2.34. The van der Waals surface area contributed by atoms with Gasteiger partial charge in [0, 0.05) is 25.5 Å². The molecule has 1 saturated carbocycles. The van der Waals surface area contributed by atoms with E-state index < -0.39 is 5.54 Å². The Labute approximate surface area is 85.2 Å². The van der Waals surface area contributed by atoms with Crippen molar-refractivity contribution in [3.8, 4) is 0 Å².